The van der Waals surface area contributed by atoms with Crippen LogP contribution in [-0.4, -0.2) is 37.2 Å². The van der Waals surface area contributed by atoms with E-state index < -0.39 is 6.10 Å². The highest BCUT2D eigenvalue weighted by atomic mass is 16.6. The monoisotopic (exact) mass is 1010 g/mol. The third-order valence-corrected chi connectivity index (χ3v) is 12.8. The predicted molar refractivity (Wildman–Crippen MR) is 316 cm³/mol. The molecule has 0 radical (unpaired) electrons. The van der Waals surface area contributed by atoms with Gasteiger partial charge in [0.05, 0.1) is 0 Å². The van der Waals surface area contributed by atoms with E-state index >= 15 is 0 Å². The highest BCUT2D eigenvalue weighted by molar-refractivity contribution is 5.71. The maximum absolute atomic E-state index is 12.8. The largest absolute Gasteiger partial charge is 0.462 e. The topological polar surface area (TPSA) is 78.9 Å². The molecule has 0 N–H and O–H groups in total. The van der Waals surface area contributed by atoms with Crippen molar-refractivity contribution in [3.05, 3.63) is 109 Å². The third kappa shape index (κ3) is 58.8. The van der Waals surface area contributed by atoms with E-state index in [1.807, 2.05) is 0 Å². The summed E-state index contributed by atoms with van der Waals surface area (Å²) >= 11 is 0. The van der Waals surface area contributed by atoms with Crippen molar-refractivity contribution in [2.45, 2.75) is 284 Å². The zero-order chi connectivity index (χ0) is 52.9. The average Bonchev–Trinajstić information content (AvgIpc) is 3.39. The Morgan fingerprint density at radius 2 is 0.534 bits per heavy atom. The van der Waals surface area contributed by atoms with E-state index in [-0.39, 0.29) is 31.1 Å². The molecule has 0 bridgehead atoms. The zero-order valence-corrected chi connectivity index (χ0v) is 47.6. The second-order valence-electron chi connectivity index (χ2n) is 19.9. The molecule has 0 fully saturated rings. The van der Waals surface area contributed by atoms with Crippen LogP contribution in [0.4, 0.5) is 0 Å². The minimum atomic E-state index is -0.784. The summed E-state index contributed by atoms with van der Waals surface area (Å²) in [5.74, 6) is -0.899. The van der Waals surface area contributed by atoms with E-state index in [0.29, 0.717) is 19.3 Å². The minimum absolute atomic E-state index is 0.0827. The van der Waals surface area contributed by atoms with E-state index in [1.54, 1.807) is 0 Å². The van der Waals surface area contributed by atoms with Crippen molar-refractivity contribution in [1.82, 2.24) is 0 Å². The van der Waals surface area contributed by atoms with E-state index in [4.69, 9.17) is 14.2 Å². The Balaban J connectivity index is 4.19. The molecule has 1 unspecified atom stereocenters. The molecular weight excluding hydrogens is 901 g/mol. The summed E-state index contributed by atoms with van der Waals surface area (Å²) in [6.45, 7) is 6.37. The highest BCUT2D eigenvalue weighted by Gasteiger charge is 2.19. The Bertz CT molecular complexity index is 1490. The zero-order valence-electron chi connectivity index (χ0n) is 47.6. The number of hydrogen-bond donors (Lipinski definition) is 0. The van der Waals surface area contributed by atoms with Crippen molar-refractivity contribution in [2.75, 3.05) is 13.2 Å². The molecule has 0 heterocycles. The second-order valence-corrected chi connectivity index (χ2v) is 19.9. The maximum atomic E-state index is 12.8. The highest BCUT2D eigenvalue weighted by Crippen LogP contribution is 2.16. The first-order valence-electron chi connectivity index (χ1n) is 30.4. The van der Waals surface area contributed by atoms with Crippen molar-refractivity contribution in [1.29, 1.82) is 0 Å². The molecule has 0 spiro atoms. The normalized spacial score (nSPS) is 12.9. The van der Waals surface area contributed by atoms with Crippen LogP contribution in [-0.2, 0) is 28.6 Å². The number of rotatable bonds is 54. The lowest BCUT2D eigenvalue weighted by molar-refractivity contribution is -0.167. The molecule has 0 aliphatic rings. The van der Waals surface area contributed by atoms with Crippen LogP contribution in [0, 0.1) is 0 Å². The Hall–Kier alpha value is -3.93. The Morgan fingerprint density at radius 3 is 0.836 bits per heavy atom. The molecule has 73 heavy (non-hydrogen) atoms. The molecule has 0 aromatic carbocycles. The number of unbranched alkanes of at least 4 members (excludes halogenated alkanes) is 25. The summed E-state index contributed by atoms with van der Waals surface area (Å²) in [5.41, 5.74) is 0. The standard InChI is InChI=1S/C67H112O6/c1-4-7-10-13-16-18-20-22-24-26-28-30-32-33-35-36-38-40-42-44-46-48-51-54-57-60-66(69)72-63-64(62-71-65(68)59-56-53-50-15-12-9-6-3)73-67(70)61-58-55-52-49-47-45-43-41-39-37-34-31-29-27-25-23-21-19-17-14-11-8-5-2/h7-8,10-11,16-19,22-25,28-31,37,39,64H,4-6,9,12-15,20-21,26-27,32-36,38,40-63H2,1-3H3/b10-7-,11-8-,18-16-,19-17-,24-22-,25-23-,30-28-,31-29-,39-37-. The Morgan fingerprint density at radius 1 is 0.288 bits per heavy atom. The van der Waals surface area contributed by atoms with E-state index in [2.05, 4.69) is 130 Å². The van der Waals surface area contributed by atoms with Crippen molar-refractivity contribution < 1.29 is 28.6 Å². The van der Waals surface area contributed by atoms with Gasteiger partial charge in [-0.3, -0.25) is 14.4 Å². The van der Waals surface area contributed by atoms with Gasteiger partial charge in [0.1, 0.15) is 13.2 Å². The van der Waals surface area contributed by atoms with Gasteiger partial charge in [-0.1, -0.05) is 265 Å². The molecule has 416 valence electrons. The van der Waals surface area contributed by atoms with Gasteiger partial charge in [-0.25, -0.2) is 0 Å². The van der Waals surface area contributed by atoms with Crippen LogP contribution < -0.4 is 0 Å². The Kier molecular flexibility index (Phi) is 57.4. The third-order valence-electron chi connectivity index (χ3n) is 12.8. The molecule has 0 aromatic rings. The van der Waals surface area contributed by atoms with Gasteiger partial charge in [-0.05, 0) is 103 Å². The second kappa shape index (κ2) is 60.6. The van der Waals surface area contributed by atoms with Crippen LogP contribution in [0.5, 0.6) is 0 Å². The van der Waals surface area contributed by atoms with Crippen LogP contribution >= 0.6 is 0 Å². The molecular formula is C67H112O6. The lowest BCUT2D eigenvalue weighted by Gasteiger charge is -2.18. The maximum Gasteiger partial charge on any atom is 0.306 e. The number of carbonyl (C=O) groups is 3. The van der Waals surface area contributed by atoms with Gasteiger partial charge < -0.3 is 14.2 Å². The van der Waals surface area contributed by atoms with Crippen molar-refractivity contribution in [3.8, 4) is 0 Å². The van der Waals surface area contributed by atoms with Crippen molar-refractivity contribution >= 4 is 17.9 Å². The van der Waals surface area contributed by atoms with Gasteiger partial charge in [-0.2, -0.15) is 0 Å². The minimum Gasteiger partial charge on any atom is -0.462 e. The summed E-state index contributed by atoms with van der Waals surface area (Å²) in [6, 6.07) is 0. The quantitative estimate of drug-likeness (QED) is 0.0261. The van der Waals surface area contributed by atoms with Gasteiger partial charge in [0, 0.05) is 19.3 Å². The van der Waals surface area contributed by atoms with Crippen LogP contribution in [0.3, 0.4) is 0 Å². The van der Waals surface area contributed by atoms with Gasteiger partial charge in [-0.15, -0.1) is 0 Å². The van der Waals surface area contributed by atoms with E-state index in [0.717, 1.165) is 122 Å². The van der Waals surface area contributed by atoms with Crippen molar-refractivity contribution in [2.24, 2.45) is 0 Å². The number of esters is 3. The van der Waals surface area contributed by atoms with Crippen LogP contribution in [0.25, 0.3) is 0 Å². The van der Waals surface area contributed by atoms with Crippen molar-refractivity contribution in [3.63, 3.8) is 0 Å². The average molecular weight is 1010 g/mol. The predicted octanol–water partition coefficient (Wildman–Crippen LogP) is 20.7. The lowest BCUT2D eigenvalue weighted by atomic mass is 10.0. The molecule has 6 heteroatoms. The molecule has 0 amide bonds. The molecule has 0 aromatic heterocycles. The smallest absolute Gasteiger partial charge is 0.306 e. The summed E-state index contributed by atoms with van der Waals surface area (Å²) in [7, 11) is 0. The van der Waals surface area contributed by atoms with E-state index in [9.17, 15) is 14.4 Å². The van der Waals surface area contributed by atoms with Gasteiger partial charge in [0.2, 0.25) is 0 Å². The number of hydrogen-bond acceptors (Lipinski definition) is 6. The fourth-order valence-electron chi connectivity index (χ4n) is 8.28. The van der Waals surface area contributed by atoms with E-state index in [1.165, 1.54) is 116 Å². The first-order chi connectivity index (χ1) is 36.0. The molecule has 1 atom stereocenters. The number of allylic oxidation sites excluding steroid dienone is 18. The first kappa shape index (κ1) is 69.1. The van der Waals surface area contributed by atoms with Crippen LogP contribution in [0.1, 0.15) is 278 Å². The Labute approximate surface area is 450 Å². The summed E-state index contributed by atoms with van der Waals surface area (Å²) in [4.78, 5) is 38.0. The van der Waals surface area contributed by atoms with Gasteiger partial charge in [0.15, 0.2) is 6.10 Å². The summed E-state index contributed by atoms with van der Waals surface area (Å²) in [6.07, 6.45) is 82.5. The molecule has 6 nitrogen and oxygen atoms in total. The fourth-order valence-corrected chi connectivity index (χ4v) is 8.28. The molecule has 0 aliphatic carbocycles. The lowest BCUT2D eigenvalue weighted by Crippen LogP contribution is -2.30. The van der Waals surface area contributed by atoms with Crippen LogP contribution in [0.15, 0.2) is 109 Å². The summed E-state index contributed by atoms with van der Waals surface area (Å²) in [5, 5.41) is 0. The first-order valence-corrected chi connectivity index (χ1v) is 30.4. The summed E-state index contributed by atoms with van der Waals surface area (Å²) < 4.78 is 16.8. The molecule has 0 saturated heterocycles. The molecule has 0 rings (SSSR count). The van der Waals surface area contributed by atoms with Gasteiger partial charge in [0.25, 0.3) is 0 Å². The molecule has 0 saturated carbocycles. The number of ether oxygens (including phenoxy) is 3. The SMILES string of the molecule is CC/C=C\C/C=C\C/C=C\C/C=C\C/C=C\CCCCCCCCCC(=O)OC(COC(=O)CCCCCCCCC)COC(=O)CCCCCCCCCCCCCC/C=C\C/C=C\C/C=C\C/C=C\CC. The van der Waals surface area contributed by atoms with Gasteiger partial charge >= 0.3 is 17.9 Å². The fraction of sp³-hybridized carbons (Fsp3) is 0.687. The van der Waals surface area contributed by atoms with Crippen LogP contribution in [0.2, 0.25) is 0 Å². The molecule has 0 aliphatic heterocycles. The number of carbonyl (C=O) groups excluding carboxylic acids is 3.